The van der Waals surface area contributed by atoms with Crippen LogP contribution in [-0.2, 0) is 10.0 Å². The van der Waals surface area contributed by atoms with Crippen molar-refractivity contribution in [1.82, 2.24) is 4.31 Å². The van der Waals surface area contributed by atoms with E-state index in [0.29, 0.717) is 18.4 Å². The van der Waals surface area contributed by atoms with E-state index in [1.807, 2.05) is 0 Å². The highest BCUT2D eigenvalue weighted by Gasteiger charge is 2.29. The maximum absolute atomic E-state index is 11.3. The number of nitrogens with zero attached hydrogens (tertiary/aromatic N) is 1. The van der Waals surface area contributed by atoms with Crippen LogP contribution in [0.5, 0.6) is 0 Å². The minimum absolute atomic E-state index is 0.545. The first-order valence-electron chi connectivity index (χ1n) is 4.90. The van der Waals surface area contributed by atoms with E-state index in [0.717, 1.165) is 19.4 Å². The number of piperidine rings is 1. The summed E-state index contributed by atoms with van der Waals surface area (Å²) in [6.07, 6.45) is 3.38. The fourth-order valence-corrected chi connectivity index (χ4v) is 2.85. The van der Waals surface area contributed by atoms with Crippen molar-refractivity contribution in [3.8, 4) is 0 Å². The average Bonchev–Trinajstić information content (AvgIpc) is 2.03. The van der Waals surface area contributed by atoms with Gasteiger partial charge in [-0.05, 0) is 18.3 Å². The SMILES string of the molecule is CCC1CN(S(C)(=O)=O)CCC1C. The Bertz CT molecular complexity index is 261. The van der Waals surface area contributed by atoms with Gasteiger partial charge in [0.1, 0.15) is 0 Å². The lowest BCUT2D eigenvalue weighted by Gasteiger charge is -2.35. The Kier molecular flexibility index (Phi) is 3.35. The maximum atomic E-state index is 11.3. The van der Waals surface area contributed by atoms with Gasteiger partial charge in [-0.3, -0.25) is 0 Å². The summed E-state index contributed by atoms with van der Waals surface area (Å²) in [5.41, 5.74) is 0. The Morgan fingerprint density at radius 2 is 2.08 bits per heavy atom. The van der Waals surface area contributed by atoms with Crippen LogP contribution in [0.25, 0.3) is 0 Å². The van der Waals surface area contributed by atoms with Gasteiger partial charge in [-0.15, -0.1) is 0 Å². The van der Waals surface area contributed by atoms with Crippen molar-refractivity contribution >= 4 is 10.0 Å². The molecule has 0 amide bonds. The van der Waals surface area contributed by atoms with Crippen molar-refractivity contribution in [3.63, 3.8) is 0 Å². The van der Waals surface area contributed by atoms with Gasteiger partial charge in [-0.2, -0.15) is 0 Å². The van der Waals surface area contributed by atoms with Crippen molar-refractivity contribution in [2.24, 2.45) is 11.8 Å². The van der Waals surface area contributed by atoms with Gasteiger partial charge in [-0.1, -0.05) is 20.3 Å². The molecule has 0 N–H and O–H groups in total. The molecule has 0 radical (unpaired) electrons. The van der Waals surface area contributed by atoms with E-state index >= 15 is 0 Å². The third kappa shape index (κ3) is 2.68. The maximum Gasteiger partial charge on any atom is 0.211 e. The topological polar surface area (TPSA) is 37.4 Å². The zero-order valence-electron chi connectivity index (χ0n) is 8.66. The van der Waals surface area contributed by atoms with Crippen molar-refractivity contribution in [2.75, 3.05) is 19.3 Å². The largest absolute Gasteiger partial charge is 0.213 e. The highest BCUT2D eigenvalue weighted by Crippen LogP contribution is 2.26. The van der Waals surface area contributed by atoms with Crippen molar-refractivity contribution in [2.45, 2.75) is 26.7 Å². The molecule has 2 atom stereocenters. The Morgan fingerprint density at radius 3 is 2.54 bits per heavy atom. The molecule has 13 heavy (non-hydrogen) atoms. The number of rotatable bonds is 2. The predicted molar refractivity (Wildman–Crippen MR) is 54.0 cm³/mol. The van der Waals surface area contributed by atoms with Crippen molar-refractivity contribution < 1.29 is 8.42 Å². The molecule has 1 heterocycles. The Morgan fingerprint density at radius 1 is 1.46 bits per heavy atom. The summed E-state index contributed by atoms with van der Waals surface area (Å²) in [4.78, 5) is 0. The summed E-state index contributed by atoms with van der Waals surface area (Å²) in [6.45, 7) is 5.77. The summed E-state index contributed by atoms with van der Waals surface area (Å²) in [7, 11) is -2.96. The summed E-state index contributed by atoms with van der Waals surface area (Å²) in [6, 6.07) is 0. The Labute approximate surface area is 81.2 Å². The molecular formula is C9H19NO2S. The van der Waals surface area contributed by atoms with Crippen LogP contribution >= 0.6 is 0 Å². The van der Waals surface area contributed by atoms with E-state index in [9.17, 15) is 8.42 Å². The van der Waals surface area contributed by atoms with Gasteiger partial charge < -0.3 is 0 Å². The Balaban J connectivity index is 2.65. The minimum Gasteiger partial charge on any atom is -0.213 e. The molecule has 0 aromatic rings. The first kappa shape index (κ1) is 11.0. The van der Waals surface area contributed by atoms with Crippen LogP contribution in [0.15, 0.2) is 0 Å². The molecule has 0 saturated carbocycles. The molecule has 1 rings (SSSR count). The standard InChI is InChI=1S/C9H19NO2S/c1-4-9-7-10(13(3,11)12)6-5-8(9)2/h8-9H,4-7H2,1-3H3. The molecule has 0 bridgehead atoms. The summed E-state index contributed by atoms with van der Waals surface area (Å²) in [5.74, 6) is 1.21. The molecule has 0 aliphatic carbocycles. The molecule has 4 heteroatoms. The van der Waals surface area contributed by atoms with E-state index in [1.165, 1.54) is 6.26 Å². The molecule has 0 spiro atoms. The van der Waals surface area contributed by atoms with Crippen LogP contribution in [-0.4, -0.2) is 32.1 Å². The molecule has 1 aliphatic rings. The van der Waals surface area contributed by atoms with Crippen LogP contribution in [0.2, 0.25) is 0 Å². The van der Waals surface area contributed by atoms with Crippen LogP contribution in [0.1, 0.15) is 26.7 Å². The second kappa shape index (κ2) is 3.96. The summed E-state index contributed by atoms with van der Waals surface area (Å²) >= 11 is 0. The van der Waals surface area contributed by atoms with E-state index in [4.69, 9.17) is 0 Å². The monoisotopic (exact) mass is 205 g/mol. The van der Waals surface area contributed by atoms with Gasteiger partial charge >= 0.3 is 0 Å². The molecule has 0 aromatic carbocycles. The smallest absolute Gasteiger partial charge is 0.211 e. The Hall–Kier alpha value is -0.0900. The molecule has 1 fully saturated rings. The molecule has 0 aromatic heterocycles. The van der Waals surface area contributed by atoms with Crippen molar-refractivity contribution in [3.05, 3.63) is 0 Å². The van der Waals surface area contributed by atoms with Crippen LogP contribution in [0, 0.1) is 11.8 Å². The van der Waals surface area contributed by atoms with Crippen LogP contribution < -0.4 is 0 Å². The number of hydrogen-bond donors (Lipinski definition) is 0. The first-order valence-corrected chi connectivity index (χ1v) is 6.75. The lowest BCUT2D eigenvalue weighted by Crippen LogP contribution is -2.42. The normalized spacial score (nSPS) is 31.9. The number of sulfonamides is 1. The van der Waals surface area contributed by atoms with E-state index in [1.54, 1.807) is 4.31 Å². The number of hydrogen-bond acceptors (Lipinski definition) is 2. The van der Waals surface area contributed by atoms with E-state index in [2.05, 4.69) is 13.8 Å². The average molecular weight is 205 g/mol. The van der Waals surface area contributed by atoms with Gasteiger partial charge in [-0.25, -0.2) is 12.7 Å². The van der Waals surface area contributed by atoms with Gasteiger partial charge in [0.05, 0.1) is 6.26 Å². The minimum atomic E-state index is -2.96. The zero-order valence-corrected chi connectivity index (χ0v) is 9.47. The van der Waals surface area contributed by atoms with Crippen molar-refractivity contribution in [1.29, 1.82) is 0 Å². The predicted octanol–water partition coefficient (Wildman–Crippen LogP) is 1.31. The fourth-order valence-electron chi connectivity index (χ4n) is 1.95. The summed E-state index contributed by atoms with van der Waals surface area (Å²) < 4.78 is 24.2. The summed E-state index contributed by atoms with van der Waals surface area (Å²) in [5, 5.41) is 0. The molecular weight excluding hydrogens is 186 g/mol. The lowest BCUT2D eigenvalue weighted by atomic mass is 9.86. The van der Waals surface area contributed by atoms with E-state index < -0.39 is 10.0 Å². The van der Waals surface area contributed by atoms with Gasteiger partial charge in [0, 0.05) is 13.1 Å². The third-order valence-corrected chi connectivity index (χ3v) is 4.34. The molecule has 3 nitrogen and oxygen atoms in total. The van der Waals surface area contributed by atoms with Gasteiger partial charge in [0.15, 0.2) is 0 Å². The second-order valence-electron chi connectivity index (χ2n) is 4.06. The van der Waals surface area contributed by atoms with Crippen LogP contribution in [0.3, 0.4) is 0 Å². The third-order valence-electron chi connectivity index (χ3n) is 3.07. The lowest BCUT2D eigenvalue weighted by molar-refractivity contribution is 0.194. The second-order valence-corrected chi connectivity index (χ2v) is 6.04. The van der Waals surface area contributed by atoms with E-state index in [-0.39, 0.29) is 0 Å². The highest BCUT2D eigenvalue weighted by atomic mass is 32.2. The molecule has 1 saturated heterocycles. The zero-order chi connectivity index (χ0) is 10.1. The molecule has 2 unspecified atom stereocenters. The van der Waals surface area contributed by atoms with Crippen LogP contribution in [0.4, 0.5) is 0 Å². The van der Waals surface area contributed by atoms with Gasteiger partial charge in [0.2, 0.25) is 10.0 Å². The van der Waals surface area contributed by atoms with Gasteiger partial charge in [0.25, 0.3) is 0 Å². The molecule has 78 valence electrons. The molecule has 1 aliphatic heterocycles. The first-order chi connectivity index (χ1) is 5.95. The highest BCUT2D eigenvalue weighted by molar-refractivity contribution is 7.88. The quantitative estimate of drug-likeness (QED) is 0.681. The fraction of sp³-hybridized carbons (Fsp3) is 1.00.